The normalized spacial score (nSPS) is 41.3. The predicted molar refractivity (Wildman–Crippen MR) is 65.8 cm³/mol. The number of aliphatic hydroxyl groups is 1. The molecule has 0 radical (unpaired) electrons. The van der Waals surface area contributed by atoms with Crippen molar-refractivity contribution in [3.05, 3.63) is 0 Å². The number of hydrogen-bond donors (Lipinski definition) is 2. The fourth-order valence-electron chi connectivity index (χ4n) is 4.60. The zero-order valence-electron chi connectivity index (χ0n) is 11.1. The van der Waals surface area contributed by atoms with E-state index < -0.39 is 34.5 Å². The molecule has 21 heavy (non-hydrogen) atoms. The molecule has 6 nitrogen and oxygen atoms in total. The molecule has 0 aromatic carbocycles. The smallest absolute Gasteiger partial charge is 0.415 e. The lowest BCUT2D eigenvalue weighted by molar-refractivity contribution is -0.433. The maximum absolute atomic E-state index is 13.5. The van der Waals surface area contributed by atoms with Gasteiger partial charge in [0.2, 0.25) is 0 Å². The Bertz CT molecular complexity index is 431. The van der Waals surface area contributed by atoms with Gasteiger partial charge in [0.05, 0.1) is 5.60 Å². The first-order valence-corrected chi connectivity index (χ1v) is 7.50. The summed E-state index contributed by atoms with van der Waals surface area (Å²) in [6, 6.07) is 0. The third kappa shape index (κ3) is 2.89. The van der Waals surface area contributed by atoms with Gasteiger partial charge in [-0.05, 0) is 43.9 Å². The molecular formula is C12H16F2O6S. The molecule has 0 saturated heterocycles. The molecule has 2 N–H and O–H groups in total. The molecule has 0 aromatic rings. The van der Waals surface area contributed by atoms with E-state index in [0.29, 0.717) is 25.7 Å². The van der Waals surface area contributed by atoms with E-state index in [9.17, 15) is 18.7 Å². The first kappa shape index (κ1) is 15.4. The van der Waals surface area contributed by atoms with Crippen LogP contribution >= 0.6 is 12.0 Å². The first-order chi connectivity index (χ1) is 9.76. The Morgan fingerprint density at radius 2 is 1.86 bits per heavy atom. The summed E-state index contributed by atoms with van der Waals surface area (Å²) >= 11 is -0.628. The molecule has 2 unspecified atom stereocenters. The highest BCUT2D eigenvalue weighted by Gasteiger charge is 2.60. The van der Waals surface area contributed by atoms with Gasteiger partial charge in [0.1, 0.15) is 17.6 Å². The van der Waals surface area contributed by atoms with Crippen molar-refractivity contribution >= 4 is 18.0 Å². The van der Waals surface area contributed by atoms with Crippen LogP contribution in [0.5, 0.6) is 0 Å². The van der Waals surface area contributed by atoms with Gasteiger partial charge in [-0.2, -0.15) is 8.78 Å². The lowest BCUT2D eigenvalue weighted by Crippen LogP contribution is -2.61. The van der Waals surface area contributed by atoms with E-state index in [0.717, 1.165) is 6.42 Å². The highest BCUT2D eigenvalue weighted by Crippen LogP contribution is 2.59. The molecule has 2 atom stereocenters. The van der Waals surface area contributed by atoms with Crippen LogP contribution in [0.1, 0.15) is 38.5 Å². The van der Waals surface area contributed by atoms with Crippen LogP contribution in [-0.2, 0) is 18.9 Å². The minimum Gasteiger partial charge on any atom is -0.454 e. The summed E-state index contributed by atoms with van der Waals surface area (Å²) < 4.78 is 35.7. The molecule has 0 aromatic heterocycles. The van der Waals surface area contributed by atoms with Gasteiger partial charge in [-0.1, -0.05) is 5.04 Å². The van der Waals surface area contributed by atoms with Crippen molar-refractivity contribution in [3.8, 4) is 0 Å². The lowest BCUT2D eigenvalue weighted by Gasteiger charge is -2.59. The van der Waals surface area contributed by atoms with Gasteiger partial charge in [-0.3, -0.25) is 0 Å². The van der Waals surface area contributed by atoms with Crippen LogP contribution < -0.4 is 0 Å². The highest BCUT2D eigenvalue weighted by molar-refractivity contribution is 7.96. The number of carbonyl (C=O) groups excluding carboxylic acids is 1. The van der Waals surface area contributed by atoms with Crippen LogP contribution in [-0.4, -0.2) is 32.8 Å². The van der Waals surface area contributed by atoms with Gasteiger partial charge < -0.3 is 9.84 Å². The number of rotatable bonds is 5. The number of esters is 1. The van der Waals surface area contributed by atoms with Crippen molar-refractivity contribution < 1.29 is 38.0 Å². The summed E-state index contributed by atoms with van der Waals surface area (Å²) in [5, 5.41) is 17.4. The molecule has 4 rings (SSSR count). The Morgan fingerprint density at radius 3 is 2.38 bits per heavy atom. The van der Waals surface area contributed by atoms with Crippen LogP contribution in [0.15, 0.2) is 0 Å². The van der Waals surface area contributed by atoms with E-state index in [2.05, 4.69) is 9.37 Å². The summed E-state index contributed by atoms with van der Waals surface area (Å²) in [5.41, 5.74) is -1.92. The van der Waals surface area contributed by atoms with Gasteiger partial charge in [-0.25, -0.2) is 10.1 Å². The van der Waals surface area contributed by atoms with Crippen LogP contribution in [0.4, 0.5) is 8.78 Å². The van der Waals surface area contributed by atoms with Crippen molar-refractivity contribution in [2.24, 2.45) is 11.8 Å². The number of halogens is 2. The molecule has 4 aliphatic rings. The average Bonchev–Trinajstić information content (AvgIpc) is 2.32. The van der Waals surface area contributed by atoms with Crippen molar-refractivity contribution in [2.45, 2.75) is 55.0 Å². The zero-order chi connectivity index (χ0) is 15.3. The Kier molecular flexibility index (Phi) is 3.69. The molecule has 4 saturated carbocycles. The first-order valence-electron chi connectivity index (χ1n) is 6.75. The van der Waals surface area contributed by atoms with Gasteiger partial charge >= 0.3 is 11.2 Å². The molecule has 4 aliphatic carbocycles. The van der Waals surface area contributed by atoms with Crippen molar-refractivity contribution in [1.29, 1.82) is 0 Å². The average molecular weight is 326 g/mol. The van der Waals surface area contributed by atoms with Crippen molar-refractivity contribution in [1.82, 2.24) is 0 Å². The Morgan fingerprint density at radius 1 is 1.24 bits per heavy atom. The fourth-order valence-corrected chi connectivity index (χ4v) is 4.82. The molecule has 4 bridgehead atoms. The maximum atomic E-state index is 13.5. The topological polar surface area (TPSA) is 85.2 Å². The van der Waals surface area contributed by atoms with E-state index >= 15 is 0 Å². The second kappa shape index (κ2) is 5.02. The summed E-state index contributed by atoms with van der Waals surface area (Å²) in [6.45, 7) is 0. The number of carbonyl (C=O) groups is 1. The number of hydrogen-bond acceptors (Lipinski definition) is 7. The molecule has 9 heteroatoms. The molecule has 0 spiro atoms. The third-order valence-electron chi connectivity index (χ3n) is 4.69. The van der Waals surface area contributed by atoms with Gasteiger partial charge in [-0.15, -0.1) is 4.33 Å². The minimum absolute atomic E-state index is 0.205. The van der Waals surface area contributed by atoms with E-state index in [1.807, 2.05) is 0 Å². The molecule has 0 amide bonds. The van der Waals surface area contributed by atoms with E-state index in [4.69, 9.17) is 9.99 Å². The van der Waals surface area contributed by atoms with Gasteiger partial charge in [0, 0.05) is 6.42 Å². The summed E-state index contributed by atoms with van der Waals surface area (Å²) in [6.07, 6.45) is 3.47. The zero-order valence-corrected chi connectivity index (χ0v) is 11.9. The Balaban J connectivity index is 1.71. The SMILES string of the molecule is O=C(OC12CC3CC(CC(O)(C3)C1)C2)C(F)(F)SOOO. The van der Waals surface area contributed by atoms with E-state index in [1.165, 1.54) is 0 Å². The monoisotopic (exact) mass is 326 g/mol. The summed E-state index contributed by atoms with van der Waals surface area (Å²) in [7, 11) is 0. The van der Waals surface area contributed by atoms with Crippen LogP contribution in [0.25, 0.3) is 0 Å². The molecular weight excluding hydrogens is 310 g/mol. The van der Waals surface area contributed by atoms with Crippen LogP contribution in [0.2, 0.25) is 0 Å². The molecule has 0 aliphatic heterocycles. The number of alkyl halides is 2. The maximum Gasteiger partial charge on any atom is 0.415 e. The quantitative estimate of drug-likeness (QED) is 0.347. The van der Waals surface area contributed by atoms with Crippen LogP contribution in [0.3, 0.4) is 0 Å². The van der Waals surface area contributed by atoms with Gasteiger partial charge in [0.15, 0.2) is 0 Å². The Hall–Kier alpha value is -0.480. The predicted octanol–water partition coefficient (Wildman–Crippen LogP) is 2.28. The molecule has 0 heterocycles. The second-order valence-electron chi connectivity index (χ2n) is 6.50. The van der Waals surface area contributed by atoms with E-state index in [1.54, 1.807) is 0 Å². The minimum atomic E-state index is -3.99. The second-order valence-corrected chi connectivity index (χ2v) is 7.32. The fraction of sp³-hybridized carbons (Fsp3) is 0.917. The van der Waals surface area contributed by atoms with Crippen molar-refractivity contribution in [2.75, 3.05) is 0 Å². The van der Waals surface area contributed by atoms with Crippen LogP contribution in [0, 0.1) is 11.8 Å². The largest absolute Gasteiger partial charge is 0.454 e. The molecule has 4 fully saturated rings. The third-order valence-corrected chi connectivity index (χ3v) is 5.20. The van der Waals surface area contributed by atoms with Gasteiger partial charge in [0.25, 0.3) is 0 Å². The van der Waals surface area contributed by atoms with E-state index in [-0.39, 0.29) is 18.3 Å². The number of ether oxygens (including phenoxy) is 1. The Labute approximate surface area is 123 Å². The molecule has 120 valence electrons. The van der Waals surface area contributed by atoms with Crippen molar-refractivity contribution in [3.63, 3.8) is 0 Å². The summed E-state index contributed by atoms with van der Waals surface area (Å²) in [5.74, 6) is -1.32. The lowest BCUT2D eigenvalue weighted by atomic mass is 9.52. The highest BCUT2D eigenvalue weighted by atomic mass is 32.2. The standard InChI is InChI=1S/C12H16F2O6S/c13-12(14,21-20-19-17)9(15)18-11-4-7-1-8(5-11)3-10(16,2-7)6-11/h7-8,16-17H,1-6H2. The summed E-state index contributed by atoms with van der Waals surface area (Å²) in [4.78, 5) is 11.7.